The third-order valence-electron chi connectivity index (χ3n) is 5.91. The first-order valence-corrected chi connectivity index (χ1v) is 9.25. The Morgan fingerprint density at radius 1 is 1.28 bits per heavy atom. The van der Waals surface area contributed by atoms with Crippen molar-refractivity contribution in [2.45, 2.75) is 44.2 Å². The number of pyridine rings is 1. The van der Waals surface area contributed by atoms with Gasteiger partial charge < -0.3 is 14.5 Å². The predicted octanol–water partition coefficient (Wildman–Crippen LogP) is 2.10. The predicted molar refractivity (Wildman–Crippen MR) is 95.7 cm³/mol. The van der Waals surface area contributed by atoms with Crippen molar-refractivity contribution >= 4 is 11.6 Å². The zero-order chi connectivity index (χ0) is 17.3. The lowest BCUT2D eigenvalue weighted by molar-refractivity contribution is -0.0323. The molecule has 25 heavy (non-hydrogen) atoms. The van der Waals surface area contributed by atoms with Crippen LogP contribution >= 0.6 is 0 Å². The van der Waals surface area contributed by atoms with Gasteiger partial charge in [-0.3, -0.25) is 9.69 Å². The van der Waals surface area contributed by atoms with E-state index >= 15 is 0 Å². The Labute approximate surface area is 148 Å². The minimum atomic E-state index is -0.0114. The molecule has 1 saturated carbocycles. The molecular formula is C19H26N4O2. The van der Waals surface area contributed by atoms with E-state index in [0.717, 1.165) is 44.8 Å². The van der Waals surface area contributed by atoms with Gasteiger partial charge in [0.15, 0.2) is 0 Å². The van der Waals surface area contributed by atoms with E-state index in [-0.39, 0.29) is 17.5 Å². The van der Waals surface area contributed by atoms with Gasteiger partial charge in [0.2, 0.25) is 0 Å². The fourth-order valence-corrected chi connectivity index (χ4v) is 4.49. The smallest absolute Gasteiger partial charge is 0.253 e. The molecule has 0 spiro atoms. The van der Waals surface area contributed by atoms with Crippen LogP contribution in [0.1, 0.15) is 43.0 Å². The molecule has 3 heterocycles. The van der Waals surface area contributed by atoms with Gasteiger partial charge in [-0.15, -0.1) is 0 Å². The monoisotopic (exact) mass is 342 g/mol. The van der Waals surface area contributed by atoms with Crippen molar-refractivity contribution in [3.8, 4) is 0 Å². The Morgan fingerprint density at radius 2 is 2.04 bits per heavy atom. The van der Waals surface area contributed by atoms with Crippen LogP contribution in [-0.2, 0) is 4.74 Å². The minimum Gasteiger partial charge on any atom is -0.379 e. The number of nitrogens with one attached hydrogen (secondary N) is 1. The lowest BCUT2D eigenvalue weighted by Crippen LogP contribution is -2.62. The summed E-state index contributed by atoms with van der Waals surface area (Å²) in [5.74, 6) is -0.0114. The lowest BCUT2D eigenvalue weighted by Gasteiger charge is -2.47. The molecule has 4 rings (SSSR count). The first kappa shape index (κ1) is 16.5. The van der Waals surface area contributed by atoms with Crippen LogP contribution in [-0.4, -0.2) is 58.1 Å². The number of carbonyl (C=O) groups is 1. The molecular weight excluding hydrogens is 316 g/mol. The summed E-state index contributed by atoms with van der Waals surface area (Å²) < 4.78 is 7.41. The van der Waals surface area contributed by atoms with Gasteiger partial charge in [0.1, 0.15) is 5.65 Å². The van der Waals surface area contributed by atoms with Gasteiger partial charge in [0.05, 0.1) is 18.8 Å². The molecule has 1 aliphatic heterocycles. The van der Waals surface area contributed by atoms with Crippen molar-refractivity contribution in [2.75, 3.05) is 26.3 Å². The van der Waals surface area contributed by atoms with Gasteiger partial charge in [-0.25, -0.2) is 4.98 Å². The summed E-state index contributed by atoms with van der Waals surface area (Å²) in [5, 5.41) is 3.28. The SMILES string of the molecule is C[C@H](NC(=O)c1ccc2nccn2c1)C1(N2CCOCC2)CCCC1. The van der Waals surface area contributed by atoms with E-state index in [4.69, 9.17) is 4.74 Å². The Balaban J connectivity index is 1.52. The number of rotatable bonds is 4. The van der Waals surface area contributed by atoms with Crippen molar-refractivity contribution in [1.29, 1.82) is 0 Å². The molecule has 1 aliphatic carbocycles. The quantitative estimate of drug-likeness (QED) is 0.924. The lowest BCUT2D eigenvalue weighted by atomic mass is 9.86. The van der Waals surface area contributed by atoms with Crippen molar-refractivity contribution in [3.05, 3.63) is 36.3 Å². The van der Waals surface area contributed by atoms with Crippen LogP contribution in [0.4, 0.5) is 0 Å². The summed E-state index contributed by atoms with van der Waals surface area (Å²) in [6.45, 7) is 5.66. The van der Waals surface area contributed by atoms with Gasteiger partial charge in [-0.1, -0.05) is 12.8 Å². The van der Waals surface area contributed by atoms with E-state index in [9.17, 15) is 4.79 Å². The van der Waals surface area contributed by atoms with E-state index in [1.54, 1.807) is 6.20 Å². The standard InChI is InChI=1S/C19H26N4O2/c1-15(19(6-2-3-7-19)23-10-12-25-13-11-23)21-18(24)16-4-5-17-20-8-9-22(17)14-16/h4-5,8-9,14-15H,2-3,6-7,10-13H2,1H3,(H,21,24)/t15-/m0/s1. The number of hydrogen-bond donors (Lipinski definition) is 1. The van der Waals surface area contributed by atoms with Crippen molar-refractivity contribution in [3.63, 3.8) is 0 Å². The Kier molecular flexibility index (Phi) is 4.48. The summed E-state index contributed by atoms with van der Waals surface area (Å²) >= 11 is 0. The molecule has 2 aromatic heterocycles. The van der Waals surface area contributed by atoms with Crippen LogP contribution in [0.5, 0.6) is 0 Å². The number of morpholine rings is 1. The summed E-state index contributed by atoms with van der Waals surface area (Å²) in [6, 6.07) is 3.84. The average molecular weight is 342 g/mol. The third-order valence-corrected chi connectivity index (χ3v) is 5.91. The van der Waals surface area contributed by atoms with Gasteiger partial charge in [0.25, 0.3) is 5.91 Å². The highest BCUT2D eigenvalue weighted by molar-refractivity contribution is 5.94. The zero-order valence-corrected chi connectivity index (χ0v) is 14.8. The largest absolute Gasteiger partial charge is 0.379 e. The topological polar surface area (TPSA) is 58.9 Å². The van der Waals surface area contributed by atoms with Crippen molar-refractivity contribution < 1.29 is 9.53 Å². The molecule has 6 nitrogen and oxygen atoms in total. The summed E-state index contributed by atoms with van der Waals surface area (Å²) in [6.07, 6.45) is 10.2. The molecule has 1 saturated heterocycles. The van der Waals surface area contributed by atoms with E-state index < -0.39 is 0 Å². The number of amides is 1. The molecule has 1 amide bonds. The normalized spacial score (nSPS) is 22.1. The molecule has 6 heteroatoms. The van der Waals surface area contributed by atoms with E-state index in [1.807, 2.05) is 28.9 Å². The van der Waals surface area contributed by atoms with E-state index in [2.05, 4.69) is 22.1 Å². The second-order valence-corrected chi connectivity index (χ2v) is 7.22. The molecule has 0 aromatic carbocycles. The van der Waals surface area contributed by atoms with E-state index in [1.165, 1.54) is 12.8 Å². The highest BCUT2D eigenvalue weighted by Crippen LogP contribution is 2.38. The van der Waals surface area contributed by atoms with Crippen LogP contribution < -0.4 is 5.32 Å². The van der Waals surface area contributed by atoms with Gasteiger partial charge in [-0.05, 0) is 31.9 Å². The number of hydrogen-bond acceptors (Lipinski definition) is 4. The summed E-state index contributed by atoms with van der Waals surface area (Å²) in [5.41, 5.74) is 1.59. The van der Waals surface area contributed by atoms with Crippen LogP contribution in [0.2, 0.25) is 0 Å². The molecule has 2 aromatic rings. The first-order valence-electron chi connectivity index (χ1n) is 9.25. The highest BCUT2D eigenvalue weighted by Gasteiger charge is 2.45. The van der Waals surface area contributed by atoms with Crippen LogP contribution in [0.25, 0.3) is 5.65 Å². The van der Waals surface area contributed by atoms with E-state index in [0.29, 0.717) is 5.56 Å². The molecule has 0 unspecified atom stereocenters. The number of ether oxygens (including phenoxy) is 1. The van der Waals surface area contributed by atoms with Gasteiger partial charge >= 0.3 is 0 Å². The maximum absolute atomic E-state index is 12.8. The van der Waals surface area contributed by atoms with Crippen molar-refractivity contribution in [2.24, 2.45) is 0 Å². The van der Waals surface area contributed by atoms with Gasteiger partial charge in [0, 0.05) is 43.3 Å². The Morgan fingerprint density at radius 3 is 2.80 bits per heavy atom. The molecule has 0 bridgehead atoms. The minimum absolute atomic E-state index is 0.0114. The number of carbonyl (C=O) groups excluding carboxylic acids is 1. The fraction of sp³-hybridized carbons (Fsp3) is 0.579. The third kappa shape index (κ3) is 3.04. The average Bonchev–Trinajstić information content (AvgIpc) is 3.31. The maximum Gasteiger partial charge on any atom is 0.253 e. The molecule has 2 aliphatic rings. The van der Waals surface area contributed by atoms with Crippen LogP contribution in [0.15, 0.2) is 30.7 Å². The number of imidazole rings is 1. The Bertz CT molecular complexity index is 745. The first-order chi connectivity index (χ1) is 12.2. The number of aromatic nitrogens is 2. The molecule has 2 fully saturated rings. The Hall–Kier alpha value is -1.92. The molecule has 1 atom stereocenters. The van der Waals surface area contributed by atoms with Crippen molar-refractivity contribution in [1.82, 2.24) is 19.6 Å². The fourth-order valence-electron chi connectivity index (χ4n) is 4.49. The number of fused-ring (bicyclic) bond motifs is 1. The molecule has 1 N–H and O–H groups in total. The molecule has 0 radical (unpaired) electrons. The number of nitrogens with zero attached hydrogens (tertiary/aromatic N) is 3. The maximum atomic E-state index is 12.8. The summed E-state index contributed by atoms with van der Waals surface area (Å²) in [7, 11) is 0. The highest BCUT2D eigenvalue weighted by atomic mass is 16.5. The van der Waals surface area contributed by atoms with Gasteiger partial charge in [-0.2, -0.15) is 0 Å². The molecule has 134 valence electrons. The van der Waals surface area contributed by atoms with Crippen LogP contribution in [0.3, 0.4) is 0 Å². The zero-order valence-electron chi connectivity index (χ0n) is 14.8. The second kappa shape index (κ2) is 6.77. The van der Waals surface area contributed by atoms with Crippen LogP contribution in [0, 0.1) is 0 Å². The summed E-state index contributed by atoms with van der Waals surface area (Å²) in [4.78, 5) is 19.6. The second-order valence-electron chi connectivity index (χ2n) is 7.22.